The molecule has 7 nitrogen and oxygen atoms in total. The first kappa shape index (κ1) is 16.2. The number of benzene rings is 1. The Morgan fingerprint density at radius 2 is 2.08 bits per heavy atom. The second-order valence-corrected chi connectivity index (χ2v) is 7.32. The highest BCUT2D eigenvalue weighted by Crippen LogP contribution is 2.32. The summed E-state index contributed by atoms with van der Waals surface area (Å²) in [7, 11) is 0. The molecule has 1 aromatic rings. The number of fused-ring (bicyclic) bond motifs is 1. The molecule has 1 saturated carbocycles. The molecular weight excluding hydrogens is 320 g/mol. The second-order valence-electron chi connectivity index (χ2n) is 7.32. The fraction of sp³-hybridized carbons (Fsp3) is 0.500. The Labute approximate surface area is 145 Å². The number of imide groups is 1. The van der Waals surface area contributed by atoms with Gasteiger partial charge in [0.1, 0.15) is 6.04 Å². The normalized spacial score (nSPS) is 24.3. The van der Waals surface area contributed by atoms with Crippen molar-refractivity contribution in [1.29, 1.82) is 0 Å². The van der Waals surface area contributed by atoms with E-state index in [-0.39, 0.29) is 29.7 Å². The van der Waals surface area contributed by atoms with E-state index in [4.69, 9.17) is 5.73 Å². The van der Waals surface area contributed by atoms with Crippen molar-refractivity contribution in [2.24, 2.45) is 5.73 Å². The van der Waals surface area contributed by atoms with Gasteiger partial charge in [0, 0.05) is 37.2 Å². The van der Waals surface area contributed by atoms with Crippen LogP contribution >= 0.6 is 0 Å². The molecule has 7 heteroatoms. The molecule has 132 valence electrons. The van der Waals surface area contributed by atoms with Crippen LogP contribution in [0.5, 0.6) is 0 Å². The van der Waals surface area contributed by atoms with Gasteiger partial charge in [-0.2, -0.15) is 0 Å². The molecule has 1 saturated heterocycles. The number of piperidine rings is 1. The van der Waals surface area contributed by atoms with Gasteiger partial charge in [-0.3, -0.25) is 19.7 Å². The lowest BCUT2D eigenvalue weighted by Gasteiger charge is -2.29. The van der Waals surface area contributed by atoms with Crippen LogP contribution in [0.1, 0.15) is 47.2 Å². The van der Waals surface area contributed by atoms with E-state index in [1.54, 1.807) is 4.90 Å². The van der Waals surface area contributed by atoms with Crippen LogP contribution < -0.4 is 16.4 Å². The van der Waals surface area contributed by atoms with Gasteiger partial charge in [0.05, 0.1) is 0 Å². The number of rotatable bonds is 5. The van der Waals surface area contributed by atoms with Gasteiger partial charge >= 0.3 is 0 Å². The maximum absolute atomic E-state index is 12.9. The van der Waals surface area contributed by atoms with Crippen LogP contribution in [-0.2, 0) is 22.7 Å². The molecule has 0 bridgehead atoms. The van der Waals surface area contributed by atoms with E-state index in [0.717, 1.165) is 30.5 Å². The lowest BCUT2D eigenvalue weighted by molar-refractivity contribution is -0.136. The summed E-state index contributed by atoms with van der Waals surface area (Å²) < 4.78 is 0. The molecule has 4 N–H and O–H groups in total. The number of hydrogen-bond donors (Lipinski definition) is 3. The number of nitrogens with one attached hydrogen (secondary N) is 2. The molecule has 2 fully saturated rings. The minimum atomic E-state index is -0.572. The topological polar surface area (TPSA) is 105 Å². The maximum Gasteiger partial charge on any atom is 0.255 e. The van der Waals surface area contributed by atoms with Crippen molar-refractivity contribution in [2.45, 2.75) is 50.4 Å². The Morgan fingerprint density at radius 1 is 1.28 bits per heavy atom. The summed E-state index contributed by atoms with van der Waals surface area (Å²) in [5.74, 6) is -0.780. The van der Waals surface area contributed by atoms with Crippen molar-refractivity contribution in [1.82, 2.24) is 15.5 Å². The molecule has 4 rings (SSSR count). The van der Waals surface area contributed by atoms with Crippen LogP contribution in [0.3, 0.4) is 0 Å². The van der Waals surface area contributed by atoms with Gasteiger partial charge in [0.25, 0.3) is 5.91 Å². The summed E-state index contributed by atoms with van der Waals surface area (Å²) in [6.45, 7) is 1.73. The minimum Gasteiger partial charge on any atom is -0.324 e. The maximum atomic E-state index is 12.9. The van der Waals surface area contributed by atoms with Gasteiger partial charge in [0.15, 0.2) is 0 Å². The zero-order chi connectivity index (χ0) is 17.6. The van der Waals surface area contributed by atoms with Crippen LogP contribution in [0.15, 0.2) is 18.2 Å². The highest BCUT2D eigenvalue weighted by Gasteiger charge is 2.40. The molecule has 0 radical (unpaired) electrons. The standard InChI is InChI=1S/C18H22N4O3/c19-18(6-7-18)10-20-8-11-2-1-3-12-9-22(17(25)15(11)12)13-4-5-14(23)21-16(13)24/h1-3,13,20H,4-10,19H2,(H,21,23,24). The third-order valence-corrected chi connectivity index (χ3v) is 5.32. The first-order valence-corrected chi connectivity index (χ1v) is 8.72. The Kier molecular flexibility index (Phi) is 3.85. The molecule has 1 aromatic carbocycles. The lowest BCUT2D eigenvalue weighted by atomic mass is 10.0. The molecule has 0 spiro atoms. The van der Waals surface area contributed by atoms with Crippen LogP contribution in [0.2, 0.25) is 0 Å². The SMILES string of the molecule is NC1(CNCc2cccc3c2C(=O)N(C2CCC(=O)NC2=O)C3)CC1. The summed E-state index contributed by atoms with van der Waals surface area (Å²) in [4.78, 5) is 38.0. The third-order valence-electron chi connectivity index (χ3n) is 5.32. The quantitative estimate of drug-likeness (QED) is 0.655. The zero-order valence-electron chi connectivity index (χ0n) is 14.0. The first-order valence-electron chi connectivity index (χ1n) is 8.72. The highest BCUT2D eigenvalue weighted by atomic mass is 16.2. The second kappa shape index (κ2) is 5.93. The van der Waals surface area contributed by atoms with Gasteiger partial charge in [-0.1, -0.05) is 18.2 Å². The molecular formula is C18H22N4O3. The molecule has 1 unspecified atom stereocenters. The fourth-order valence-electron chi connectivity index (χ4n) is 3.62. The van der Waals surface area contributed by atoms with E-state index < -0.39 is 6.04 Å². The average Bonchev–Trinajstić information content (AvgIpc) is 3.20. The van der Waals surface area contributed by atoms with Crippen molar-refractivity contribution in [3.8, 4) is 0 Å². The van der Waals surface area contributed by atoms with Gasteiger partial charge in [-0.25, -0.2) is 0 Å². The van der Waals surface area contributed by atoms with E-state index in [1.807, 2.05) is 18.2 Å². The van der Waals surface area contributed by atoms with Crippen LogP contribution in [-0.4, -0.2) is 40.7 Å². The summed E-state index contributed by atoms with van der Waals surface area (Å²) in [5, 5.41) is 5.67. The number of carbonyl (C=O) groups is 3. The number of carbonyl (C=O) groups excluding carboxylic acids is 3. The number of nitrogens with two attached hydrogens (primary N) is 1. The molecule has 1 atom stereocenters. The van der Waals surface area contributed by atoms with Gasteiger partial charge in [-0.15, -0.1) is 0 Å². The monoisotopic (exact) mass is 342 g/mol. The van der Waals surface area contributed by atoms with E-state index in [0.29, 0.717) is 25.1 Å². The van der Waals surface area contributed by atoms with E-state index >= 15 is 0 Å². The lowest BCUT2D eigenvalue weighted by Crippen LogP contribution is -2.52. The zero-order valence-corrected chi connectivity index (χ0v) is 14.0. The Bertz CT molecular complexity index is 757. The Balaban J connectivity index is 1.50. The molecule has 25 heavy (non-hydrogen) atoms. The number of nitrogens with zero attached hydrogens (tertiary/aromatic N) is 1. The molecule has 0 aromatic heterocycles. The largest absolute Gasteiger partial charge is 0.324 e. The number of amides is 3. The van der Waals surface area contributed by atoms with Crippen molar-refractivity contribution in [3.05, 3.63) is 34.9 Å². The first-order chi connectivity index (χ1) is 12.0. The molecule has 3 aliphatic rings. The van der Waals surface area contributed by atoms with E-state index in [9.17, 15) is 14.4 Å². The smallest absolute Gasteiger partial charge is 0.255 e. The van der Waals surface area contributed by atoms with Gasteiger partial charge in [-0.05, 0) is 30.4 Å². The van der Waals surface area contributed by atoms with Crippen molar-refractivity contribution in [2.75, 3.05) is 6.54 Å². The summed E-state index contributed by atoms with van der Waals surface area (Å²) in [5.41, 5.74) is 8.55. The highest BCUT2D eigenvalue weighted by molar-refractivity contribution is 6.05. The van der Waals surface area contributed by atoms with Crippen LogP contribution in [0, 0.1) is 0 Å². The van der Waals surface area contributed by atoms with Crippen molar-refractivity contribution >= 4 is 17.7 Å². The van der Waals surface area contributed by atoms with Crippen LogP contribution in [0.4, 0.5) is 0 Å². The molecule has 3 amide bonds. The third kappa shape index (κ3) is 3.05. The predicted octanol–water partition coefficient (Wildman–Crippen LogP) is 0.0285. The predicted molar refractivity (Wildman–Crippen MR) is 90.3 cm³/mol. The molecule has 2 aliphatic heterocycles. The number of hydrogen-bond acceptors (Lipinski definition) is 5. The Hall–Kier alpha value is -2.25. The minimum absolute atomic E-state index is 0.0826. The van der Waals surface area contributed by atoms with Crippen molar-refractivity contribution < 1.29 is 14.4 Å². The average molecular weight is 342 g/mol. The van der Waals surface area contributed by atoms with Crippen molar-refractivity contribution in [3.63, 3.8) is 0 Å². The Morgan fingerprint density at radius 3 is 2.80 bits per heavy atom. The summed E-state index contributed by atoms with van der Waals surface area (Å²) in [6.07, 6.45) is 2.72. The fourth-order valence-corrected chi connectivity index (χ4v) is 3.62. The molecule has 1 aliphatic carbocycles. The van der Waals surface area contributed by atoms with Crippen LogP contribution in [0.25, 0.3) is 0 Å². The molecule has 2 heterocycles. The summed E-state index contributed by atoms with van der Waals surface area (Å²) >= 11 is 0. The van der Waals surface area contributed by atoms with E-state index in [2.05, 4.69) is 10.6 Å². The van der Waals surface area contributed by atoms with E-state index in [1.165, 1.54) is 0 Å². The summed E-state index contributed by atoms with van der Waals surface area (Å²) in [6, 6.07) is 5.23. The van der Waals surface area contributed by atoms with Gasteiger partial charge in [0.2, 0.25) is 11.8 Å². The van der Waals surface area contributed by atoms with Gasteiger partial charge < -0.3 is 16.0 Å².